The van der Waals surface area contributed by atoms with Gasteiger partial charge in [-0.05, 0) is 35.9 Å². The van der Waals surface area contributed by atoms with Gasteiger partial charge in [-0.2, -0.15) is 5.10 Å². The van der Waals surface area contributed by atoms with Crippen molar-refractivity contribution in [3.63, 3.8) is 0 Å². The Morgan fingerprint density at radius 1 is 1.00 bits per heavy atom. The molecule has 2 aromatic carbocycles. The van der Waals surface area contributed by atoms with E-state index in [9.17, 15) is 4.79 Å². The summed E-state index contributed by atoms with van der Waals surface area (Å²) in [7, 11) is 0. The summed E-state index contributed by atoms with van der Waals surface area (Å²) in [5.74, 6) is 0.525. The van der Waals surface area contributed by atoms with Gasteiger partial charge in [0.25, 0.3) is 5.91 Å². The van der Waals surface area contributed by atoms with Crippen LogP contribution in [0.4, 0.5) is 5.69 Å². The van der Waals surface area contributed by atoms with Gasteiger partial charge in [-0.3, -0.25) is 9.48 Å². The number of carbonyl (C=O) groups is 1. The molecule has 0 bridgehead atoms. The molecule has 0 aliphatic carbocycles. The highest BCUT2D eigenvalue weighted by Crippen LogP contribution is 2.31. The van der Waals surface area contributed by atoms with E-state index in [1.165, 1.54) is 11.8 Å². The molecule has 3 heterocycles. The van der Waals surface area contributed by atoms with Gasteiger partial charge in [0.15, 0.2) is 10.9 Å². The van der Waals surface area contributed by atoms with Crippen LogP contribution in [0.25, 0.3) is 11.0 Å². The summed E-state index contributed by atoms with van der Waals surface area (Å²) >= 11 is 1.46. The van der Waals surface area contributed by atoms with E-state index in [2.05, 4.69) is 20.4 Å². The Balaban J connectivity index is 1.39. The van der Waals surface area contributed by atoms with Crippen LogP contribution in [-0.4, -0.2) is 25.7 Å². The minimum atomic E-state index is -0.290. The zero-order chi connectivity index (χ0) is 21.8. The normalized spacial score (nSPS) is 11.0. The number of furan rings is 1. The lowest BCUT2D eigenvalue weighted by atomic mass is 10.1. The average molecular weight is 442 g/mol. The number of benzene rings is 2. The van der Waals surface area contributed by atoms with Crippen molar-refractivity contribution in [2.45, 2.75) is 17.5 Å². The molecule has 0 unspecified atom stereocenters. The number of nitrogens with zero attached hydrogens (tertiary/aromatic N) is 4. The SMILES string of the molecule is O=C(Nc1cccc(Cn2cccn2)c1)c1oc2ccccc2c1CSc1ncccn1. The number of hydrogen-bond donors (Lipinski definition) is 1. The minimum Gasteiger partial charge on any atom is -0.451 e. The van der Waals surface area contributed by atoms with Gasteiger partial charge in [-0.15, -0.1) is 0 Å². The third kappa shape index (κ3) is 4.40. The predicted octanol–water partition coefficient (Wildman–Crippen LogP) is 5.01. The first-order valence-electron chi connectivity index (χ1n) is 10.0. The fraction of sp³-hybridized carbons (Fsp3) is 0.0833. The van der Waals surface area contributed by atoms with E-state index in [1.807, 2.05) is 65.5 Å². The summed E-state index contributed by atoms with van der Waals surface area (Å²) < 4.78 is 7.79. The first kappa shape index (κ1) is 20.0. The Bertz CT molecular complexity index is 1350. The van der Waals surface area contributed by atoms with Crippen LogP contribution in [0.5, 0.6) is 0 Å². The molecular formula is C24H19N5O2S. The van der Waals surface area contributed by atoms with Gasteiger partial charge in [-0.25, -0.2) is 9.97 Å². The van der Waals surface area contributed by atoms with Crippen molar-refractivity contribution in [2.24, 2.45) is 0 Å². The molecule has 8 heteroatoms. The minimum absolute atomic E-state index is 0.290. The van der Waals surface area contributed by atoms with Gasteiger partial charge in [0, 0.05) is 47.2 Å². The van der Waals surface area contributed by atoms with Crippen molar-refractivity contribution in [1.82, 2.24) is 19.7 Å². The Kier molecular flexibility index (Phi) is 5.67. The molecule has 0 aliphatic heterocycles. The Hall–Kier alpha value is -3.91. The molecule has 1 N–H and O–H groups in total. The van der Waals surface area contributed by atoms with Crippen LogP contribution in [0.3, 0.4) is 0 Å². The van der Waals surface area contributed by atoms with Gasteiger partial charge >= 0.3 is 0 Å². The maximum absolute atomic E-state index is 13.2. The van der Waals surface area contributed by atoms with Crippen LogP contribution in [0.15, 0.2) is 95.0 Å². The molecule has 0 radical (unpaired) electrons. The molecule has 0 aliphatic rings. The average Bonchev–Trinajstić information content (AvgIpc) is 3.46. The number of nitrogens with one attached hydrogen (secondary N) is 1. The Morgan fingerprint density at radius 2 is 1.88 bits per heavy atom. The molecule has 0 atom stereocenters. The van der Waals surface area contributed by atoms with Crippen LogP contribution in [0.1, 0.15) is 21.7 Å². The van der Waals surface area contributed by atoms with Crippen LogP contribution in [0, 0.1) is 0 Å². The first-order chi connectivity index (χ1) is 15.8. The Labute approximate surface area is 188 Å². The molecule has 32 heavy (non-hydrogen) atoms. The van der Waals surface area contributed by atoms with E-state index in [1.54, 1.807) is 24.7 Å². The molecule has 0 spiro atoms. The van der Waals surface area contributed by atoms with Crippen LogP contribution in [-0.2, 0) is 12.3 Å². The largest absolute Gasteiger partial charge is 0.451 e. The van der Waals surface area contributed by atoms with Crippen LogP contribution >= 0.6 is 11.8 Å². The fourth-order valence-corrected chi connectivity index (χ4v) is 4.27. The van der Waals surface area contributed by atoms with Crippen LogP contribution in [0.2, 0.25) is 0 Å². The number of amides is 1. The van der Waals surface area contributed by atoms with E-state index in [0.29, 0.717) is 34.5 Å². The predicted molar refractivity (Wildman–Crippen MR) is 124 cm³/mol. The highest BCUT2D eigenvalue weighted by Gasteiger charge is 2.21. The third-order valence-electron chi connectivity index (χ3n) is 4.88. The molecule has 1 amide bonds. The van der Waals surface area contributed by atoms with E-state index in [0.717, 1.165) is 16.5 Å². The number of anilines is 1. The molecule has 7 nitrogen and oxygen atoms in total. The van der Waals surface area contributed by atoms with Crippen molar-refractivity contribution in [3.8, 4) is 0 Å². The highest BCUT2D eigenvalue weighted by molar-refractivity contribution is 7.98. The number of carbonyl (C=O) groups excluding carboxylic acids is 1. The van der Waals surface area contributed by atoms with E-state index in [-0.39, 0.29) is 5.91 Å². The highest BCUT2D eigenvalue weighted by atomic mass is 32.2. The fourth-order valence-electron chi connectivity index (χ4n) is 3.44. The van der Waals surface area contributed by atoms with Gasteiger partial charge in [-0.1, -0.05) is 42.1 Å². The number of para-hydroxylation sites is 1. The summed E-state index contributed by atoms with van der Waals surface area (Å²) in [4.78, 5) is 21.7. The first-order valence-corrected chi connectivity index (χ1v) is 11.0. The number of thioether (sulfide) groups is 1. The smallest absolute Gasteiger partial charge is 0.291 e. The maximum Gasteiger partial charge on any atom is 0.291 e. The lowest BCUT2D eigenvalue weighted by molar-refractivity contribution is 0.0998. The lowest BCUT2D eigenvalue weighted by Crippen LogP contribution is -2.13. The number of fused-ring (bicyclic) bond motifs is 1. The summed E-state index contributed by atoms with van der Waals surface area (Å²) in [5, 5.41) is 8.77. The van der Waals surface area contributed by atoms with E-state index < -0.39 is 0 Å². The van der Waals surface area contributed by atoms with Gasteiger partial charge in [0.1, 0.15) is 5.58 Å². The summed E-state index contributed by atoms with van der Waals surface area (Å²) in [5.41, 5.74) is 3.23. The number of hydrogen-bond acceptors (Lipinski definition) is 6. The molecular weight excluding hydrogens is 422 g/mol. The van der Waals surface area contributed by atoms with Crippen molar-refractivity contribution < 1.29 is 9.21 Å². The van der Waals surface area contributed by atoms with Gasteiger partial charge < -0.3 is 9.73 Å². The van der Waals surface area contributed by atoms with E-state index >= 15 is 0 Å². The zero-order valence-corrected chi connectivity index (χ0v) is 17.8. The monoisotopic (exact) mass is 441 g/mol. The topological polar surface area (TPSA) is 85.8 Å². The maximum atomic E-state index is 13.2. The summed E-state index contributed by atoms with van der Waals surface area (Å²) in [6.45, 7) is 0.625. The molecule has 0 fully saturated rings. The van der Waals surface area contributed by atoms with Crippen molar-refractivity contribution in [2.75, 3.05) is 5.32 Å². The third-order valence-corrected chi connectivity index (χ3v) is 5.78. The molecule has 0 saturated carbocycles. The van der Waals surface area contributed by atoms with Crippen molar-refractivity contribution >= 4 is 34.3 Å². The Morgan fingerprint density at radius 3 is 2.72 bits per heavy atom. The molecule has 5 aromatic rings. The number of aromatic nitrogens is 4. The summed E-state index contributed by atoms with van der Waals surface area (Å²) in [6, 6.07) is 19.0. The summed E-state index contributed by atoms with van der Waals surface area (Å²) in [6.07, 6.45) is 7.05. The molecule has 3 aromatic heterocycles. The lowest BCUT2D eigenvalue weighted by Gasteiger charge is -2.08. The zero-order valence-electron chi connectivity index (χ0n) is 17.0. The second-order valence-electron chi connectivity index (χ2n) is 7.08. The number of rotatable bonds is 7. The van der Waals surface area contributed by atoms with Crippen molar-refractivity contribution in [1.29, 1.82) is 0 Å². The molecule has 0 saturated heterocycles. The van der Waals surface area contributed by atoms with Gasteiger partial charge in [0.05, 0.1) is 6.54 Å². The molecule has 158 valence electrons. The second kappa shape index (κ2) is 9.07. The van der Waals surface area contributed by atoms with Gasteiger partial charge in [0.2, 0.25) is 0 Å². The molecule has 5 rings (SSSR count). The second-order valence-corrected chi connectivity index (χ2v) is 8.03. The van der Waals surface area contributed by atoms with Crippen LogP contribution < -0.4 is 5.32 Å². The quantitative estimate of drug-likeness (QED) is 0.282. The van der Waals surface area contributed by atoms with Crippen molar-refractivity contribution in [3.05, 3.63) is 102 Å². The van der Waals surface area contributed by atoms with E-state index in [4.69, 9.17) is 4.42 Å². The standard InChI is InChI=1S/C24H19N5O2S/c30-23(28-18-7-3-6-17(14-18)15-29-13-5-12-27-29)22-20(16-32-24-25-10-4-11-26-24)19-8-1-2-9-21(19)31-22/h1-14H,15-16H2,(H,28,30).